The fourth-order valence-electron chi connectivity index (χ4n) is 2.30. The summed E-state index contributed by atoms with van der Waals surface area (Å²) in [6.07, 6.45) is -9.42. The molecule has 10 heteroatoms. The van der Waals surface area contributed by atoms with E-state index < -0.39 is 35.2 Å². The minimum absolute atomic E-state index is 0.249. The van der Waals surface area contributed by atoms with E-state index in [-0.39, 0.29) is 16.9 Å². The maximum Gasteiger partial charge on any atom is 0.433 e. The Labute approximate surface area is 150 Å². The van der Waals surface area contributed by atoms with E-state index in [0.29, 0.717) is 6.07 Å². The Morgan fingerprint density at radius 1 is 1.00 bits per heavy atom. The van der Waals surface area contributed by atoms with Crippen molar-refractivity contribution >= 4 is 17.3 Å². The number of pyridine rings is 1. The highest BCUT2D eigenvalue weighted by Gasteiger charge is 2.35. The van der Waals surface area contributed by atoms with Gasteiger partial charge in [-0.05, 0) is 37.3 Å². The van der Waals surface area contributed by atoms with Crippen molar-refractivity contribution in [2.45, 2.75) is 19.3 Å². The molecule has 146 valence electrons. The molecule has 0 aliphatic carbocycles. The van der Waals surface area contributed by atoms with Gasteiger partial charge in [0.2, 0.25) is 0 Å². The highest BCUT2D eigenvalue weighted by molar-refractivity contribution is 6.05. The third kappa shape index (κ3) is 4.69. The zero-order valence-corrected chi connectivity index (χ0v) is 14.5. The first kappa shape index (κ1) is 20.5. The number of hydrogen-bond donors (Lipinski definition) is 1. The van der Waals surface area contributed by atoms with Gasteiger partial charge in [0.1, 0.15) is 5.69 Å². The maximum absolute atomic E-state index is 13.3. The molecule has 1 heterocycles. The number of aromatic nitrogens is 1. The van der Waals surface area contributed by atoms with Crippen LogP contribution in [0.3, 0.4) is 0 Å². The predicted octanol–water partition coefficient (Wildman–Crippen LogP) is 4.75. The van der Waals surface area contributed by atoms with E-state index in [9.17, 15) is 31.1 Å². The molecule has 2 aromatic rings. The number of nitrogens with one attached hydrogen (secondary N) is 1. The van der Waals surface area contributed by atoms with Crippen LogP contribution in [-0.4, -0.2) is 25.0 Å². The summed E-state index contributed by atoms with van der Waals surface area (Å²) in [6, 6.07) is 4.81. The van der Waals surface area contributed by atoms with Crippen molar-refractivity contribution in [2.75, 3.05) is 24.3 Å². The average molecular weight is 391 g/mol. The van der Waals surface area contributed by atoms with E-state index in [4.69, 9.17) is 0 Å². The van der Waals surface area contributed by atoms with E-state index in [1.807, 2.05) is 0 Å². The molecule has 0 atom stereocenters. The monoisotopic (exact) mass is 391 g/mol. The van der Waals surface area contributed by atoms with Gasteiger partial charge >= 0.3 is 12.4 Å². The molecule has 0 aliphatic heterocycles. The number of carbonyl (C=O) groups excluding carboxylic acids is 1. The highest BCUT2D eigenvalue weighted by atomic mass is 19.4. The van der Waals surface area contributed by atoms with Crippen LogP contribution in [-0.2, 0) is 12.4 Å². The molecule has 1 N–H and O–H groups in total. The quantitative estimate of drug-likeness (QED) is 0.769. The summed E-state index contributed by atoms with van der Waals surface area (Å²) in [5, 5.41) is 2.10. The first-order valence-electron chi connectivity index (χ1n) is 7.55. The van der Waals surface area contributed by atoms with Gasteiger partial charge in [0.25, 0.3) is 5.91 Å². The van der Waals surface area contributed by atoms with Gasteiger partial charge in [-0.1, -0.05) is 0 Å². The fourth-order valence-corrected chi connectivity index (χ4v) is 2.30. The molecule has 4 nitrogen and oxygen atoms in total. The lowest BCUT2D eigenvalue weighted by Gasteiger charge is -2.19. The first-order chi connectivity index (χ1) is 12.3. The molecule has 1 aromatic carbocycles. The van der Waals surface area contributed by atoms with E-state index in [1.54, 1.807) is 14.1 Å². The molecule has 0 aliphatic rings. The molecule has 0 saturated carbocycles. The van der Waals surface area contributed by atoms with Gasteiger partial charge in [0, 0.05) is 19.8 Å². The molecule has 1 aromatic heterocycles. The van der Waals surface area contributed by atoms with Gasteiger partial charge in [0.15, 0.2) is 0 Å². The molecule has 1 amide bonds. The molecule has 0 fully saturated rings. The Balaban J connectivity index is 2.38. The van der Waals surface area contributed by atoms with Crippen molar-refractivity contribution in [2.24, 2.45) is 0 Å². The minimum atomic E-state index is -4.73. The van der Waals surface area contributed by atoms with Crippen molar-refractivity contribution in [3.8, 4) is 0 Å². The summed E-state index contributed by atoms with van der Waals surface area (Å²) in [5.41, 5.74) is -3.00. The molecule has 0 unspecified atom stereocenters. The van der Waals surface area contributed by atoms with Crippen LogP contribution in [0.15, 0.2) is 30.3 Å². The number of aryl methyl sites for hydroxylation is 1. The molecule has 0 bridgehead atoms. The number of benzene rings is 1. The van der Waals surface area contributed by atoms with Crippen LogP contribution in [0.1, 0.15) is 27.3 Å². The zero-order valence-electron chi connectivity index (χ0n) is 14.5. The van der Waals surface area contributed by atoms with Gasteiger partial charge < -0.3 is 10.2 Å². The van der Waals surface area contributed by atoms with Crippen molar-refractivity contribution in [3.63, 3.8) is 0 Å². The van der Waals surface area contributed by atoms with Crippen molar-refractivity contribution < 1.29 is 31.1 Å². The largest absolute Gasteiger partial charge is 0.433 e. The number of alkyl halides is 6. The second kappa shape index (κ2) is 7.09. The van der Waals surface area contributed by atoms with Gasteiger partial charge in [0.05, 0.1) is 22.5 Å². The lowest BCUT2D eigenvalue weighted by molar-refractivity contribution is -0.141. The van der Waals surface area contributed by atoms with Crippen LogP contribution in [0.25, 0.3) is 0 Å². The van der Waals surface area contributed by atoms with E-state index >= 15 is 0 Å². The highest BCUT2D eigenvalue weighted by Crippen LogP contribution is 2.37. The number of rotatable bonds is 3. The van der Waals surface area contributed by atoms with E-state index in [1.165, 1.54) is 17.9 Å². The van der Waals surface area contributed by atoms with Gasteiger partial charge in [-0.2, -0.15) is 26.3 Å². The van der Waals surface area contributed by atoms with Crippen LogP contribution in [0, 0.1) is 6.92 Å². The van der Waals surface area contributed by atoms with E-state index in [2.05, 4.69) is 10.3 Å². The molecule has 0 radical (unpaired) electrons. The summed E-state index contributed by atoms with van der Waals surface area (Å²) in [4.78, 5) is 17.0. The lowest BCUT2D eigenvalue weighted by atomic mass is 10.1. The molecular weight excluding hydrogens is 376 g/mol. The molecule has 0 saturated heterocycles. The Morgan fingerprint density at radius 2 is 1.63 bits per heavy atom. The number of anilines is 2. The molecule has 27 heavy (non-hydrogen) atoms. The van der Waals surface area contributed by atoms with Crippen LogP contribution in [0.5, 0.6) is 0 Å². The topological polar surface area (TPSA) is 45.2 Å². The lowest BCUT2D eigenvalue weighted by Crippen LogP contribution is -2.20. The van der Waals surface area contributed by atoms with Crippen LogP contribution in [0.4, 0.5) is 37.7 Å². The van der Waals surface area contributed by atoms with E-state index in [0.717, 1.165) is 18.2 Å². The minimum Gasteiger partial charge on any atom is -0.378 e. The summed E-state index contributed by atoms with van der Waals surface area (Å²) in [6.45, 7) is 1.17. The normalized spacial score (nSPS) is 12.0. The third-order valence-electron chi connectivity index (χ3n) is 3.69. The standard InChI is InChI=1S/C17H15F6N3O/c1-9-11(5-7-14(24-9)17(21,22)23)15(27)25-13-6-4-10(26(2)3)8-12(13)16(18,19)20/h4-8H,1-3H3,(H,25,27). The smallest absolute Gasteiger partial charge is 0.378 e. The number of amides is 1. The fraction of sp³-hybridized carbons (Fsp3) is 0.294. The maximum atomic E-state index is 13.3. The second-order valence-corrected chi connectivity index (χ2v) is 5.90. The van der Waals surface area contributed by atoms with Gasteiger partial charge in [-0.25, -0.2) is 4.98 Å². The molecular formula is C17H15F6N3O. The molecule has 2 rings (SSSR count). The Hall–Kier alpha value is -2.78. The summed E-state index contributed by atoms with van der Waals surface area (Å²) in [7, 11) is 3.12. The Bertz CT molecular complexity index is 859. The van der Waals surface area contributed by atoms with Crippen molar-refractivity contribution in [1.29, 1.82) is 0 Å². The Kier molecular flexibility index (Phi) is 5.39. The summed E-state index contributed by atoms with van der Waals surface area (Å²) < 4.78 is 77.8. The van der Waals surface area contributed by atoms with Crippen LogP contribution in [0.2, 0.25) is 0 Å². The zero-order chi connectivity index (χ0) is 20.6. The number of carbonyl (C=O) groups is 1. The summed E-state index contributed by atoms with van der Waals surface area (Å²) in [5.74, 6) is -0.989. The van der Waals surface area contributed by atoms with Crippen molar-refractivity contribution in [3.05, 3.63) is 52.8 Å². The number of nitrogens with zero attached hydrogens (tertiary/aromatic N) is 2. The Morgan fingerprint density at radius 3 is 2.11 bits per heavy atom. The predicted molar refractivity (Wildman–Crippen MR) is 87.7 cm³/mol. The van der Waals surface area contributed by atoms with Crippen LogP contribution >= 0.6 is 0 Å². The molecule has 0 spiro atoms. The number of halogens is 6. The number of hydrogen-bond acceptors (Lipinski definition) is 3. The van der Waals surface area contributed by atoms with Crippen molar-refractivity contribution in [1.82, 2.24) is 4.98 Å². The van der Waals surface area contributed by atoms with Crippen LogP contribution < -0.4 is 10.2 Å². The SMILES string of the molecule is Cc1nc(C(F)(F)F)ccc1C(=O)Nc1ccc(N(C)C)cc1C(F)(F)F. The second-order valence-electron chi connectivity index (χ2n) is 5.90. The first-order valence-corrected chi connectivity index (χ1v) is 7.55. The summed E-state index contributed by atoms with van der Waals surface area (Å²) >= 11 is 0. The average Bonchev–Trinajstić information content (AvgIpc) is 2.52. The third-order valence-corrected chi connectivity index (χ3v) is 3.69. The van der Waals surface area contributed by atoms with Gasteiger partial charge in [-0.15, -0.1) is 0 Å². The van der Waals surface area contributed by atoms with Gasteiger partial charge in [-0.3, -0.25) is 4.79 Å².